The molecular weight excluding hydrogens is 262 g/mol. The summed E-state index contributed by atoms with van der Waals surface area (Å²) < 4.78 is 10.3. The molecule has 0 fully saturated rings. The Morgan fingerprint density at radius 1 is 1.42 bits per heavy atom. The SMILES string of the molecule is CCOC(=O)C(CCSc1ccccc1OC)NC. The number of carbonyl (C=O) groups excluding carboxylic acids is 1. The van der Waals surface area contributed by atoms with E-state index in [4.69, 9.17) is 9.47 Å². The molecule has 0 saturated carbocycles. The molecule has 1 aromatic rings. The van der Waals surface area contributed by atoms with Gasteiger partial charge in [0.05, 0.1) is 13.7 Å². The highest BCUT2D eigenvalue weighted by molar-refractivity contribution is 7.99. The number of likely N-dealkylation sites (N-methyl/N-ethyl adjacent to an activating group) is 1. The van der Waals surface area contributed by atoms with E-state index in [1.54, 1.807) is 25.9 Å². The summed E-state index contributed by atoms with van der Waals surface area (Å²) in [6.45, 7) is 2.23. The molecule has 1 N–H and O–H groups in total. The van der Waals surface area contributed by atoms with Gasteiger partial charge < -0.3 is 14.8 Å². The van der Waals surface area contributed by atoms with E-state index in [0.717, 1.165) is 22.8 Å². The number of esters is 1. The highest BCUT2D eigenvalue weighted by Crippen LogP contribution is 2.29. The Labute approximate surface area is 118 Å². The number of para-hydroxylation sites is 1. The van der Waals surface area contributed by atoms with E-state index < -0.39 is 0 Å². The van der Waals surface area contributed by atoms with Gasteiger partial charge in [-0.1, -0.05) is 12.1 Å². The van der Waals surface area contributed by atoms with E-state index >= 15 is 0 Å². The van der Waals surface area contributed by atoms with Crippen LogP contribution in [0, 0.1) is 0 Å². The molecule has 0 amide bonds. The van der Waals surface area contributed by atoms with Gasteiger partial charge in [-0.05, 0) is 32.5 Å². The molecule has 0 heterocycles. The first kappa shape index (κ1) is 15.9. The minimum absolute atomic E-state index is 0.189. The highest BCUT2D eigenvalue weighted by atomic mass is 32.2. The molecular formula is C14H21NO3S. The number of methoxy groups -OCH3 is 1. The van der Waals surface area contributed by atoms with Gasteiger partial charge in [-0.3, -0.25) is 4.79 Å². The lowest BCUT2D eigenvalue weighted by Crippen LogP contribution is -2.36. The predicted molar refractivity (Wildman–Crippen MR) is 77.8 cm³/mol. The average Bonchev–Trinajstić information content (AvgIpc) is 2.44. The Morgan fingerprint density at radius 3 is 2.79 bits per heavy atom. The molecule has 0 aliphatic heterocycles. The molecule has 1 atom stereocenters. The Hall–Kier alpha value is -1.20. The molecule has 106 valence electrons. The van der Waals surface area contributed by atoms with Gasteiger partial charge in [-0.15, -0.1) is 11.8 Å². The van der Waals surface area contributed by atoms with Crippen LogP contribution in [0.5, 0.6) is 5.75 Å². The zero-order chi connectivity index (χ0) is 14.1. The summed E-state index contributed by atoms with van der Waals surface area (Å²) in [7, 11) is 3.43. The normalized spacial score (nSPS) is 11.9. The Kier molecular flexibility index (Phi) is 7.36. The second-order valence-electron chi connectivity index (χ2n) is 3.88. The predicted octanol–water partition coefficient (Wildman–Crippen LogP) is 2.33. The molecule has 0 saturated heterocycles. The van der Waals surface area contributed by atoms with Crippen molar-refractivity contribution in [3.8, 4) is 5.75 Å². The van der Waals surface area contributed by atoms with E-state index in [1.165, 1.54) is 0 Å². The molecule has 19 heavy (non-hydrogen) atoms. The van der Waals surface area contributed by atoms with Gasteiger partial charge in [0.15, 0.2) is 0 Å². The maximum absolute atomic E-state index is 11.6. The molecule has 1 unspecified atom stereocenters. The van der Waals surface area contributed by atoms with E-state index in [2.05, 4.69) is 5.32 Å². The van der Waals surface area contributed by atoms with Crippen molar-refractivity contribution >= 4 is 17.7 Å². The van der Waals surface area contributed by atoms with Gasteiger partial charge in [0.1, 0.15) is 11.8 Å². The van der Waals surface area contributed by atoms with E-state index in [1.807, 2.05) is 31.2 Å². The van der Waals surface area contributed by atoms with Crippen molar-refractivity contribution in [1.29, 1.82) is 0 Å². The number of carbonyl (C=O) groups is 1. The molecule has 0 aliphatic rings. The topological polar surface area (TPSA) is 47.6 Å². The van der Waals surface area contributed by atoms with Crippen molar-refractivity contribution in [2.24, 2.45) is 0 Å². The third-order valence-electron chi connectivity index (χ3n) is 2.65. The highest BCUT2D eigenvalue weighted by Gasteiger charge is 2.17. The van der Waals surface area contributed by atoms with Crippen LogP contribution in [0.4, 0.5) is 0 Å². The van der Waals surface area contributed by atoms with E-state index in [-0.39, 0.29) is 12.0 Å². The summed E-state index contributed by atoms with van der Waals surface area (Å²) in [5, 5.41) is 2.98. The van der Waals surface area contributed by atoms with Gasteiger partial charge >= 0.3 is 5.97 Å². The van der Waals surface area contributed by atoms with Gasteiger partial charge in [-0.2, -0.15) is 0 Å². The van der Waals surface area contributed by atoms with Gasteiger partial charge in [0, 0.05) is 10.6 Å². The molecule has 0 aromatic heterocycles. The largest absolute Gasteiger partial charge is 0.496 e. The maximum atomic E-state index is 11.6. The molecule has 0 bridgehead atoms. The molecule has 1 rings (SSSR count). The van der Waals surface area contributed by atoms with Crippen molar-refractivity contribution < 1.29 is 14.3 Å². The van der Waals surface area contributed by atoms with Crippen molar-refractivity contribution in [2.75, 3.05) is 26.5 Å². The summed E-state index contributed by atoms with van der Waals surface area (Å²) >= 11 is 1.68. The fourth-order valence-electron chi connectivity index (χ4n) is 1.65. The van der Waals surface area contributed by atoms with Crippen LogP contribution in [0.25, 0.3) is 0 Å². The van der Waals surface area contributed by atoms with Crippen LogP contribution >= 0.6 is 11.8 Å². The van der Waals surface area contributed by atoms with Gasteiger partial charge in [0.25, 0.3) is 0 Å². The van der Waals surface area contributed by atoms with Crippen molar-refractivity contribution in [1.82, 2.24) is 5.32 Å². The van der Waals surface area contributed by atoms with Crippen molar-refractivity contribution in [3.63, 3.8) is 0 Å². The minimum Gasteiger partial charge on any atom is -0.496 e. The maximum Gasteiger partial charge on any atom is 0.323 e. The van der Waals surface area contributed by atoms with Gasteiger partial charge in [-0.25, -0.2) is 0 Å². The van der Waals surface area contributed by atoms with Crippen LogP contribution < -0.4 is 10.1 Å². The van der Waals surface area contributed by atoms with E-state index in [9.17, 15) is 4.79 Å². The first-order valence-corrected chi connectivity index (χ1v) is 7.31. The van der Waals surface area contributed by atoms with Crippen LogP contribution in [-0.4, -0.2) is 38.5 Å². The molecule has 0 spiro atoms. The van der Waals surface area contributed by atoms with Crippen LogP contribution in [-0.2, 0) is 9.53 Å². The third-order valence-corrected chi connectivity index (χ3v) is 3.74. The quantitative estimate of drug-likeness (QED) is 0.586. The lowest BCUT2D eigenvalue weighted by Gasteiger charge is -2.14. The number of benzene rings is 1. The monoisotopic (exact) mass is 283 g/mol. The Bertz CT molecular complexity index is 398. The van der Waals surface area contributed by atoms with Crippen LogP contribution in [0.1, 0.15) is 13.3 Å². The summed E-state index contributed by atoms with van der Waals surface area (Å²) in [4.78, 5) is 12.7. The molecule has 1 aromatic carbocycles. The lowest BCUT2D eigenvalue weighted by atomic mass is 10.2. The fraction of sp³-hybridized carbons (Fsp3) is 0.500. The number of ether oxygens (including phenoxy) is 2. The second kappa shape index (κ2) is 8.82. The number of hydrogen-bond acceptors (Lipinski definition) is 5. The molecule has 0 radical (unpaired) electrons. The Balaban J connectivity index is 2.46. The molecule has 4 nitrogen and oxygen atoms in total. The van der Waals surface area contributed by atoms with Crippen molar-refractivity contribution in [3.05, 3.63) is 24.3 Å². The minimum atomic E-state index is -0.248. The number of rotatable bonds is 8. The smallest absolute Gasteiger partial charge is 0.323 e. The summed E-state index contributed by atoms with van der Waals surface area (Å²) in [5.74, 6) is 1.50. The number of nitrogens with one attached hydrogen (secondary N) is 1. The Morgan fingerprint density at radius 2 is 2.16 bits per heavy atom. The first-order chi connectivity index (χ1) is 9.22. The molecule has 5 heteroatoms. The van der Waals surface area contributed by atoms with Crippen LogP contribution in [0.2, 0.25) is 0 Å². The van der Waals surface area contributed by atoms with Crippen molar-refractivity contribution in [2.45, 2.75) is 24.3 Å². The third kappa shape index (κ3) is 5.12. The van der Waals surface area contributed by atoms with Crippen LogP contribution in [0.15, 0.2) is 29.2 Å². The summed E-state index contributed by atoms with van der Waals surface area (Å²) in [6, 6.07) is 7.62. The van der Waals surface area contributed by atoms with Gasteiger partial charge in [0.2, 0.25) is 0 Å². The van der Waals surface area contributed by atoms with Crippen LogP contribution in [0.3, 0.4) is 0 Å². The molecule has 0 aliphatic carbocycles. The standard InChI is InChI=1S/C14H21NO3S/c1-4-18-14(16)11(15-2)9-10-19-13-8-6-5-7-12(13)17-3/h5-8,11,15H,4,9-10H2,1-3H3. The average molecular weight is 283 g/mol. The second-order valence-corrected chi connectivity index (χ2v) is 5.02. The lowest BCUT2D eigenvalue weighted by molar-refractivity contribution is -0.145. The fourth-order valence-corrected chi connectivity index (χ4v) is 2.69. The first-order valence-electron chi connectivity index (χ1n) is 6.32. The zero-order valence-corrected chi connectivity index (χ0v) is 12.5. The summed E-state index contributed by atoms with van der Waals surface area (Å²) in [5.41, 5.74) is 0. The van der Waals surface area contributed by atoms with E-state index in [0.29, 0.717) is 6.61 Å². The number of thioether (sulfide) groups is 1. The number of hydrogen-bond donors (Lipinski definition) is 1. The zero-order valence-electron chi connectivity index (χ0n) is 11.6. The summed E-state index contributed by atoms with van der Waals surface area (Å²) in [6.07, 6.45) is 0.720.